The number of benzene rings is 6. The van der Waals surface area contributed by atoms with Crippen LogP contribution >= 0.6 is 15.9 Å². The number of fused-ring (bicyclic) bond motifs is 6. The zero-order chi connectivity index (χ0) is 26.0. The zero-order valence-electron chi connectivity index (χ0n) is 21.2. The minimum atomic E-state index is -2.55. The van der Waals surface area contributed by atoms with Crippen molar-refractivity contribution < 1.29 is 0 Å². The van der Waals surface area contributed by atoms with E-state index in [0.29, 0.717) is 0 Å². The Kier molecular flexibility index (Phi) is 5.06. The Labute approximate surface area is 237 Å². The number of para-hydroxylation sites is 2. The number of nitrogens with zero attached hydrogens (tertiary/aromatic N) is 1. The minimum absolute atomic E-state index is 1.11. The molecular formula is C36H24BrNSi. The molecule has 0 spiro atoms. The SMILES string of the molecule is Brc1ccc([Si]2(c3ccc4c(c3)c3ccccc3n4-c3ccccc3)c3ccccc3-c3ccccc32)cc1. The summed E-state index contributed by atoms with van der Waals surface area (Å²) in [4.78, 5) is 0. The van der Waals surface area contributed by atoms with Crippen molar-refractivity contribution in [3.05, 3.63) is 150 Å². The Morgan fingerprint density at radius 3 is 1.74 bits per heavy atom. The average molecular weight is 579 g/mol. The zero-order valence-corrected chi connectivity index (χ0v) is 23.8. The standard InChI is InChI=1S/C36H24BrNSi/c37-25-18-20-27(21-19-25)39(35-16-8-5-13-30(35)31-14-6-9-17-36(31)39)28-22-23-34-32(24-28)29-12-4-7-15-33(29)38(34)26-10-2-1-3-11-26/h1-24H. The summed E-state index contributed by atoms with van der Waals surface area (Å²) in [5, 5.41) is 8.37. The first-order chi connectivity index (χ1) is 19.3. The molecule has 0 bridgehead atoms. The lowest BCUT2D eigenvalue weighted by atomic mass is 10.1. The molecule has 0 aliphatic carbocycles. The fraction of sp³-hybridized carbons (Fsp3) is 0. The number of hydrogen-bond donors (Lipinski definition) is 0. The van der Waals surface area contributed by atoms with Gasteiger partial charge in [0.25, 0.3) is 0 Å². The molecule has 0 saturated carbocycles. The van der Waals surface area contributed by atoms with E-state index in [2.05, 4.69) is 166 Å². The van der Waals surface area contributed by atoms with Crippen LogP contribution in [0.25, 0.3) is 38.6 Å². The molecule has 184 valence electrons. The van der Waals surface area contributed by atoms with Crippen LogP contribution in [0, 0.1) is 0 Å². The largest absolute Gasteiger partial charge is 0.309 e. The maximum atomic E-state index is 3.69. The van der Waals surface area contributed by atoms with E-state index in [1.165, 1.54) is 59.4 Å². The Bertz CT molecular complexity index is 1980. The van der Waals surface area contributed by atoms with Crippen LogP contribution in [-0.4, -0.2) is 12.6 Å². The number of aromatic nitrogens is 1. The molecule has 3 heteroatoms. The molecule has 1 nitrogen and oxygen atoms in total. The Morgan fingerprint density at radius 1 is 0.462 bits per heavy atom. The highest BCUT2D eigenvalue weighted by Crippen LogP contribution is 2.33. The number of halogens is 1. The van der Waals surface area contributed by atoms with E-state index >= 15 is 0 Å². The van der Waals surface area contributed by atoms with Crippen molar-refractivity contribution in [2.45, 2.75) is 0 Å². The smallest absolute Gasteiger partial charge is 0.180 e. The molecule has 8 rings (SSSR count). The van der Waals surface area contributed by atoms with Crippen LogP contribution < -0.4 is 20.7 Å². The third kappa shape index (κ3) is 3.18. The van der Waals surface area contributed by atoms with Gasteiger partial charge in [-0.2, -0.15) is 0 Å². The highest BCUT2D eigenvalue weighted by Gasteiger charge is 2.48. The third-order valence-corrected chi connectivity index (χ3v) is 13.7. The van der Waals surface area contributed by atoms with Crippen LogP contribution in [0.5, 0.6) is 0 Å². The monoisotopic (exact) mass is 577 g/mol. The third-order valence-electron chi connectivity index (χ3n) is 8.35. The van der Waals surface area contributed by atoms with E-state index in [0.717, 1.165) is 4.47 Å². The van der Waals surface area contributed by atoms with Crippen LogP contribution in [0.1, 0.15) is 0 Å². The molecular weight excluding hydrogens is 554 g/mol. The van der Waals surface area contributed by atoms with Crippen molar-refractivity contribution in [2.75, 3.05) is 0 Å². The van der Waals surface area contributed by atoms with E-state index in [-0.39, 0.29) is 0 Å². The molecule has 0 saturated heterocycles. The van der Waals surface area contributed by atoms with Crippen LogP contribution in [0.2, 0.25) is 0 Å². The summed E-state index contributed by atoms with van der Waals surface area (Å²) < 4.78 is 3.51. The summed E-state index contributed by atoms with van der Waals surface area (Å²) in [6.07, 6.45) is 0. The molecule has 0 unspecified atom stereocenters. The van der Waals surface area contributed by atoms with Crippen LogP contribution in [0.4, 0.5) is 0 Å². The van der Waals surface area contributed by atoms with E-state index < -0.39 is 8.07 Å². The second kappa shape index (κ2) is 8.67. The average Bonchev–Trinajstić information content (AvgIpc) is 3.49. The molecule has 1 aliphatic heterocycles. The van der Waals surface area contributed by atoms with Crippen LogP contribution in [0.3, 0.4) is 0 Å². The molecule has 1 aromatic heterocycles. The summed E-state index contributed by atoms with van der Waals surface area (Å²) in [6, 6.07) is 54.0. The van der Waals surface area contributed by atoms with Gasteiger partial charge in [-0.1, -0.05) is 125 Å². The maximum absolute atomic E-state index is 3.69. The molecule has 39 heavy (non-hydrogen) atoms. The van der Waals surface area contributed by atoms with Gasteiger partial charge >= 0.3 is 0 Å². The first-order valence-corrected chi connectivity index (χ1v) is 16.1. The Morgan fingerprint density at radius 2 is 1.03 bits per heavy atom. The van der Waals surface area contributed by atoms with Gasteiger partial charge < -0.3 is 4.57 Å². The van der Waals surface area contributed by atoms with E-state index in [1.54, 1.807) is 0 Å². The van der Waals surface area contributed by atoms with Gasteiger partial charge in [-0.3, -0.25) is 0 Å². The molecule has 1 aliphatic rings. The summed E-state index contributed by atoms with van der Waals surface area (Å²) >= 11 is 3.69. The molecule has 7 aromatic rings. The summed E-state index contributed by atoms with van der Waals surface area (Å²) in [7, 11) is -2.55. The van der Waals surface area contributed by atoms with Crippen molar-refractivity contribution in [3.63, 3.8) is 0 Å². The first kappa shape index (κ1) is 22.8. The van der Waals surface area contributed by atoms with Gasteiger partial charge in [0, 0.05) is 20.9 Å². The Balaban J connectivity index is 1.51. The second-order valence-electron chi connectivity index (χ2n) is 10.3. The highest BCUT2D eigenvalue weighted by atomic mass is 79.9. The first-order valence-electron chi connectivity index (χ1n) is 13.3. The van der Waals surface area contributed by atoms with Crippen molar-refractivity contribution in [3.8, 4) is 16.8 Å². The second-order valence-corrected chi connectivity index (χ2v) is 14.9. The molecule has 0 amide bonds. The van der Waals surface area contributed by atoms with Crippen LogP contribution in [0.15, 0.2) is 150 Å². The van der Waals surface area contributed by atoms with Gasteiger partial charge in [0.15, 0.2) is 8.07 Å². The predicted molar refractivity (Wildman–Crippen MR) is 171 cm³/mol. The molecule has 0 radical (unpaired) electrons. The van der Waals surface area contributed by atoms with Crippen molar-refractivity contribution in [2.24, 2.45) is 0 Å². The van der Waals surface area contributed by atoms with E-state index in [9.17, 15) is 0 Å². The summed E-state index contributed by atoms with van der Waals surface area (Å²) in [6.45, 7) is 0. The van der Waals surface area contributed by atoms with Gasteiger partial charge in [0.2, 0.25) is 0 Å². The quantitative estimate of drug-likeness (QED) is 0.201. The molecule has 0 fully saturated rings. The molecule has 0 atom stereocenters. The van der Waals surface area contributed by atoms with Crippen molar-refractivity contribution >= 4 is 66.6 Å². The van der Waals surface area contributed by atoms with Gasteiger partial charge in [0.1, 0.15) is 0 Å². The fourth-order valence-corrected chi connectivity index (χ4v) is 12.2. The van der Waals surface area contributed by atoms with Crippen LogP contribution in [-0.2, 0) is 0 Å². The number of rotatable bonds is 3. The lowest BCUT2D eigenvalue weighted by Gasteiger charge is -2.31. The minimum Gasteiger partial charge on any atom is -0.309 e. The highest BCUT2D eigenvalue weighted by molar-refractivity contribution is 9.10. The summed E-state index contributed by atoms with van der Waals surface area (Å²) in [5.41, 5.74) is 6.41. The van der Waals surface area contributed by atoms with Gasteiger partial charge in [-0.15, -0.1) is 0 Å². The van der Waals surface area contributed by atoms with Gasteiger partial charge in [-0.05, 0) is 68.3 Å². The van der Waals surface area contributed by atoms with Gasteiger partial charge in [-0.25, -0.2) is 0 Å². The fourth-order valence-electron chi connectivity index (χ4n) is 6.79. The lowest BCUT2D eigenvalue weighted by molar-refractivity contribution is 1.18. The van der Waals surface area contributed by atoms with Gasteiger partial charge in [0.05, 0.1) is 11.0 Å². The topological polar surface area (TPSA) is 4.93 Å². The summed E-state index contributed by atoms with van der Waals surface area (Å²) in [5.74, 6) is 0. The molecule has 2 heterocycles. The van der Waals surface area contributed by atoms with Crippen molar-refractivity contribution in [1.82, 2.24) is 4.57 Å². The Hall–Kier alpha value is -4.18. The predicted octanol–water partition coefficient (Wildman–Crippen LogP) is 6.90. The van der Waals surface area contributed by atoms with E-state index in [4.69, 9.17) is 0 Å². The van der Waals surface area contributed by atoms with E-state index in [1.807, 2.05) is 0 Å². The maximum Gasteiger partial charge on any atom is 0.180 e. The lowest BCUT2D eigenvalue weighted by Crippen LogP contribution is -2.72. The molecule has 0 N–H and O–H groups in total. The number of hydrogen-bond acceptors (Lipinski definition) is 0. The normalized spacial score (nSPS) is 13.5. The molecule has 6 aromatic carbocycles. The van der Waals surface area contributed by atoms with Crippen molar-refractivity contribution in [1.29, 1.82) is 0 Å².